The van der Waals surface area contributed by atoms with Crippen LogP contribution in [0.3, 0.4) is 0 Å². The summed E-state index contributed by atoms with van der Waals surface area (Å²) in [5.41, 5.74) is 1.11. The van der Waals surface area contributed by atoms with Gasteiger partial charge < -0.3 is 10.4 Å². The molecule has 0 spiro atoms. The maximum atomic E-state index is 13.0. The Bertz CT molecular complexity index is 361. The third kappa shape index (κ3) is 3.51. The van der Waals surface area contributed by atoms with Gasteiger partial charge >= 0.3 is 0 Å². The molecule has 1 fully saturated rings. The van der Waals surface area contributed by atoms with E-state index >= 15 is 0 Å². The van der Waals surface area contributed by atoms with Crippen molar-refractivity contribution in [1.82, 2.24) is 5.32 Å². The molecule has 0 aromatic heterocycles. The molecule has 0 radical (unpaired) electrons. The quantitative estimate of drug-likeness (QED) is 0.824. The average molecular weight is 237 g/mol. The molecular weight excluding hydrogens is 217 g/mol. The van der Waals surface area contributed by atoms with Gasteiger partial charge in [-0.2, -0.15) is 0 Å². The molecule has 2 rings (SSSR count). The molecule has 0 aliphatic heterocycles. The van der Waals surface area contributed by atoms with Crippen LogP contribution in [0.25, 0.3) is 0 Å². The van der Waals surface area contributed by atoms with Crippen molar-refractivity contribution in [2.24, 2.45) is 0 Å². The van der Waals surface area contributed by atoms with Gasteiger partial charge in [0.15, 0.2) is 0 Å². The van der Waals surface area contributed by atoms with Gasteiger partial charge in [0.25, 0.3) is 0 Å². The summed E-state index contributed by atoms with van der Waals surface area (Å²) in [5, 5.41) is 12.5. The van der Waals surface area contributed by atoms with Gasteiger partial charge in [-0.25, -0.2) is 4.39 Å². The Kier molecular flexibility index (Phi) is 4.13. The zero-order valence-corrected chi connectivity index (χ0v) is 10.2. The van der Waals surface area contributed by atoms with Gasteiger partial charge in [-0.3, -0.25) is 0 Å². The number of halogens is 1. The van der Waals surface area contributed by atoms with E-state index in [0.717, 1.165) is 31.4 Å². The molecule has 0 bridgehead atoms. The van der Waals surface area contributed by atoms with Crippen LogP contribution in [0.4, 0.5) is 4.39 Å². The molecule has 3 heteroatoms. The van der Waals surface area contributed by atoms with E-state index in [1.165, 1.54) is 6.07 Å². The Morgan fingerprint density at radius 1 is 1.47 bits per heavy atom. The molecule has 1 saturated carbocycles. The molecule has 17 heavy (non-hydrogen) atoms. The summed E-state index contributed by atoms with van der Waals surface area (Å²) >= 11 is 0. The van der Waals surface area contributed by atoms with Crippen LogP contribution in [0, 0.1) is 5.82 Å². The van der Waals surface area contributed by atoms with Gasteiger partial charge in [0.05, 0.1) is 6.10 Å². The van der Waals surface area contributed by atoms with Crippen molar-refractivity contribution < 1.29 is 9.50 Å². The zero-order valence-electron chi connectivity index (χ0n) is 10.2. The fourth-order valence-corrected chi connectivity index (χ4v) is 2.31. The Balaban J connectivity index is 1.72. The van der Waals surface area contributed by atoms with Crippen LogP contribution >= 0.6 is 0 Å². The van der Waals surface area contributed by atoms with E-state index < -0.39 is 0 Å². The van der Waals surface area contributed by atoms with Gasteiger partial charge in [-0.1, -0.05) is 12.1 Å². The molecule has 94 valence electrons. The van der Waals surface area contributed by atoms with E-state index in [2.05, 4.69) is 5.32 Å². The van der Waals surface area contributed by atoms with Crippen LogP contribution in [0.2, 0.25) is 0 Å². The molecule has 1 aliphatic carbocycles. The minimum Gasteiger partial charge on any atom is -0.393 e. The molecule has 1 aromatic rings. The molecular formula is C14H20FNO. The molecule has 2 nitrogen and oxygen atoms in total. The smallest absolute Gasteiger partial charge is 0.123 e. The second kappa shape index (κ2) is 5.61. The summed E-state index contributed by atoms with van der Waals surface area (Å²) in [6.07, 6.45) is 2.70. The first-order chi connectivity index (χ1) is 8.15. The highest BCUT2D eigenvalue weighted by molar-refractivity contribution is 5.23. The number of rotatable bonds is 5. The van der Waals surface area contributed by atoms with Gasteiger partial charge in [-0.15, -0.1) is 0 Å². The van der Waals surface area contributed by atoms with E-state index in [1.54, 1.807) is 19.1 Å². The lowest BCUT2D eigenvalue weighted by Crippen LogP contribution is -2.41. The fraction of sp³-hybridized carbons (Fsp3) is 0.571. The van der Waals surface area contributed by atoms with E-state index in [4.69, 9.17) is 5.11 Å². The van der Waals surface area contributed by atoms with E-state index in [1.807, 2.05) is 6.07 Å². The second-order valence-electron chi connectivity index (χ2n) is 5.01. The van der Waals surface area contributed by atoms with E-state index in [-0.39, 0.29) is 11.9 Å². The van der Waals surface area contributed by atoms with Gasteiger partial charge in [0.1, 0.15) is 5.82 Å². The SMILES string of the molecule is CC(O)CCNC1CC(c2cccc(F)c2)C1. The van der Waals surface area contributed by atoms with Crippen LogP contribution in [0.15, 0.2) is 24.3 Å². The molecule has 0 saturated heterocycles. The number of nitrogens with one attached hydrogen (secondary N) is 1. The largest absolute Gasteiger partial charge is 0.393 e. The lowest BCUT2D eigenvalue weighted by molar-refractivity contribution is 0.177. The van der Waals surface area contributed by atoms with Crippen molar-refractivity contribution in [3.63, 3.8) is 0 Å². The Labute approximate surface area is 102 Å². The first-order valence-electron chi connectivity index (χ1n) is 6.32. The number of benzene rings is 1. The predicted molar refractivity (Wildman–Crippen MR) is 66.5 cm³/mol. The lowest BCUT2D eigenvalue weighted by Gasteiger charge is -2.36. The number of hydrogen-bond donors (Lipinski definition) is 2. The zero-order chi connectivity index (χ0) is 12.3. The Morgan fingerprint density at radius 2 is 2.24 bits per heavy atom. The van der Waals surface area contributed by atoms with Gasteiger partial charge in [-0.05, 0) is 56.3 Å². The fourth-order valence-electron chi connectivity index (χ4n) is 2.31. The normalized spacial score (nSPS) is 25.4. The molecule has 1 atom stereocenters. The maximum absolute atomic E-state index is 13.0. The van der Waals surface area contributed by atoms with Gasteiger partial charge in [0.2, 0.25) is 0 Å². The van der Waals surface area contributed by atoms with Crippen LogP contribution in [-0.2, 0) is 0 Å². The summed E-state index contributed by atoms with van der Waals surface area (Å²) in [7, 11) is 0. The molecule has 0 amide bonds. The van der Waals surface area contributed by atoms with Crippen molar-refractivity contribution >= 4 is 0 Å². The van der Waals surface area contributed by atoms with Crippen molar-refractivity contribution in [2.75, 3.05) is 6.54 Å². The molecule has 2 N–H and O–H groups in total. The first-order valence-corrected chi connectivity index (χ1v) is 6.32. The number of aliphatic hydroxyl groups excluding tert-OH is 1. The summed E-state index contributed by atoms with van der Waals surface area (Å²) < 4.78 is 13.0. The summed E-state index contributed by atoms with van der Waals surface area (Å²) in [4.78, 5) is 0. The van der Waals surface area contributed by atoms with Crippen LogP contribution in [-0.4, -0.2) is 23.8 Å². The minimum atomic E-state index is -0.235. The topological polar surface area (TPSA) is 32.3 Å². The summed E-state index contributed by atoms with van der Waals surface area (Å²) in [6, 6.07) is 7.43. The highest BCUT2D eigenvalue weighted by Crippen LogP contribution is 2.36. The third-order valence-electron chi connectivity index (χ3n) is 3.45. The molecule has 1 aromatic carbocycles. The van der Waals surface area contributed by atoms with Crippen LogP contribution in [0.5, 0.6) is 0 Å². The van der Waals surface area contributed by atoms with Gasteiger partial charge in [0, 0.05) is 6.04 Å². The van der Waals surface area contributed by atoms with Crippen molar-refractivity contribution in [2.45, 2.75) is 44.2 Å². The Morgan fingerprint density at radius 3 is 2.88 bits per heavy atom. The summed E-state index contributed by atoms with van der Waals surface area (Å²) in [6.45, 7) is 2.66. The van der Waals surface area contributed by atoms with Crippen molar-refractivity contribution in [1.29, 1.82) is 0 Å². The molecule has 1 aliphatic rings. The van der Waals surface area contributed by atoms with Crippen LogP contribution in [0.1, 0.15) is 37.7 Å². The minimum absolute atomic E-state index is 0.145. The first kappa shape index (κ1) is 12.5. The second-order valence-corrected chi connectivity index (χ2v) is 5.01. The van der Waals surface area contributed by atoms with E-state index in [0.29, 0.717) is 12.0 Å². The highest BCUT2D eigenvalue weighted by atomic mass is 19.1. The third-order valence-corrected chi connectivity index (χ3v) is 3.45. The number of aliphatic hydroxyl groups is 1. The number of hydrogen-bond acceptors (Lipinski definition) is 2. The lowest BCUT2D eigenvalue weighted by atomic mass is 9.76. The highest BCUT2D eigenvalue weighted by Gasteiger charge is 2.29. The Hall–Kier alpha value is -0.930. The molecule has 1 unspecified atom stereocenters. The van der Waals surface area contributed by atoms with Crippen molar-refractivity contribution in [3.05, 3.63) is 35.6 Å². The van der Waals surface area contributed by atoms with E-state index in [9.17, 15) is 4.39 Å². The monoisotopic (exact) mass is 237 g/mol. The van der Waals surface area contributed by atoms with Crippen molar-refractivity contribution in [3.8, 4) is 0 Å². The average Bonchev–Trinajstić information content (AvgIpc) is 2.21. The standard InChI is InChI=1S/C14H20FNO/c1-10(17)5-6-16-14-8-12(9-14)11-3-2-4-13(15)7-11/h2-4,7,10,12,14,16-17H,5-6,8-9H2,1H3. The summed E-state index contributed by atoms with van der Waals surface area (Å²) in [5.74, 6) is 0.350. The molecule has 0 heterocycles. The predicted octanol–water partition coefficient (Wildman–Crippen LogP) is 2.43. The maximum Gasteiger partial charge on any atom is 0.123 e. The van der Waals surface area contributed by atoms with Crippen LogP contribution < -0.4 is 5.32 Å².